The molecule has 6 heteroatoms. The Balaban J connectivity index is 2.14. The lowest BCUT2D eigenvalue weighted by Crippen LogP contribution is -2.26. The van der Waals surface area contributed by atoms with Crippen LogP contribution >= 0.6 is 0 Å². The van der Waals surface area contributed by atoms with E-state index in [-0.39, 0.29) is 11.5 Å². The minimum Gasteiger partial charge on any atom is -0.463 e. The number of hydrogen-bond acceptors (Lipinski definition) is 3. The summed E-state index contributed by atoms with van der Waals surface area (Å²) >= 11 is 0. The van der Waals surface area contributed by atoms with Gasteiger partial charge in [0.25, 0.3) is 0 Å². The third-order valence-corrected chi connectivity index (χ3v) is 4.84. The van der Waals surface area contributed by atoms with Crippen molar-refractivity contribution in [3.63, 3.8) is 0 Å². The molecule has 0 N–H and O–H groups in total. The van der Waals surface area contributed by atoms with E-state index in [1.165, 1.54) is 6.26 Å². The molecule has 156 valence electrons. The summed E-state index contributed by atoms with van der Waals surface area (Å²) in [5.41, 5.74) is 3.35. The predicted molar refractivity (Wildman–Crippen MR) is 115 cm³/mol. The number of aliphatic imine (C=N–C) groups is 2. The topological polar surface area (TPSA) is 37.9 Å². The molecule has 0 amide bonds. The third kappa shape index (κ3) is 4.87. The van der Waals surface area contributed by atoms with Crippen molar-refractivity contribution in [2.24, 2.45) is 9.98 Å². The number of rotatable bonds is 5. The maximum atomic E-state index is 14.0. The standard InChI is InChI=1S/C24H23F3N2O/c1-15-8-5-9-16(2)22(15)28-19(20-12-7-13-30-20)14-21(24(25,26)27)29-23-17(3)10-6-11-18(23)4/h5-13H,14H2,1-4H3/b28-19-,29-21+. The SMILES string of the molecule is Cc1cccc(C)c1/N=C(/C/C(=N\c1c(C)cccc1C)C(F)(F)F)c1ccco1. The molecule has 0 radical (unpaired) electrons. The van der Waals surface area contributed by atoms with Crippen LogP contribution < -0.4 is 0 Å². The minimum atomic E-state index is -4.61. The molecule has 0 unspecified atom stereocenters. The molecule has 3 aromatic rings. The van der Waals surface area contributed by atoms with E-state index < -0.39 is 18.3 Å². The Labute approximate surface area is 174 Å². The molecular formula is C24H23F3N2O. The second-order valence-corrected chi connectivity index (χ2v) is 7.25. The third-order valence-electron chi connectivity index (χ3n) is 4.84. The van der Waals surface area contributed by atoms with Crippen molar-refractivity contribution in [1.29, 1.82) is 0 Å². The number of alkyl halides is 3. The number of para-hydroxylation sites is 2. The highest BCUT2D eigenvalue weighted by Crippen LogP contribution is 2.30. The van der Waals surface area contributed by atoms with Crippen molar-refractivity contribution in [3.05, 3.63) is 82.8 Å². The number of hydrogen-bond donors (Lipinski definition) is 0. The van der Waals surface area contributed by atoms with Crippen LogP contribution in [0.5, 0.6) is 0 Å². The van der Waals surface area contributed by atoms with Gasteiger partial charge in [0.05, 0.1) is 23.3 Å². The molecule has 3 nitrogen and oxygen atoms in total. The van der Waals surface area contributed by atoms with Crippen LogP contribution in [0.15, 0.2) is 69.2 Å². The summed E-state index contributed by atoms with van der Waals surface area (Å²) in [5.74, 6) is 0.288. The second kappa shape index (κ2) is 8.69. The summed E-state index contributed by atoms with van der Waals surface area (Å²) in [6, 6.07) is 14.2. The van der Waals surface area contributed by atoms with E-state index in [2.05, 4.69) is 9.98 Å². The van der Waals surface area contributed by atoms with E-state index in [9.17, 15) is 13.2 Å². The van der Waals surface area contributed by atoms with Crippen molar-refractivity contribution in [2.75, 3.05) is 0 Å². The van der Waals surface area contributed by atoms with Gasteiger partial charge >= 0.3 is 6.18 Å². The Morgan fingerprint density at radius 2 is 1.27 bits per heavy atom. The first-order valence-electron chi connectivity index (χ1n) is 9.55. The van der Waals surface area contributed by atoms with Gasteiger partial charge in [0.2, 0.25) is 0 Å². The number of benzene rings is 2. The molecule has 0 saturated carbocycles. The summed E-state index contributed by atoms with van der Waals surface area (Å²) in [5, 5.41) is 0. The smallest absolute Gasteiger partial charge is 0.429 e. The zero-order chi connectivity index (χ0) is 21.9. The Hall–Kier alpha value is -3.15. The summed E-state index contributed by atoms with van der Waals surface area (Å²) in [7, 11) is 0. The molecule has 1 heterocycles. The fraction of sp³-hybridized carbons (Fsp3) is 0.250. The van der Waals surface area contributed by atoms with Crippen molar-refractivity contribution < 1.29 is 17.6 Å². The molecule has 0 saturated heterocycles. The van der Waals surface area contributed by atoms with E-state index in [0.29, 0.717) is 22.5 Å². The van der Waals surface area contributed by atoms with Crippen LogP contribution in [0.3, 0.4) is 0 Å². The van der Waals surface area contributed by atoms with Gasteiger partial charge in [0, 0.05) is 6.42 Å². The van der Waals surface area contributed by atoms with Crippen LogP contribution in [0, 0.1) is 27.7 Å². The van der Waals surface area contributed by atoms with E-state index >= 15 is 0 Å². The van der Waals surface area contributed by atoms with Crippen LogP contribution in [-0.2, 0) is 0 Å². The Morgan fingerprint density at radius 1 is 0.767 bits per heavy atom. The van der Waals surface area contributed by atoms with Crippen LogP contribution in [0.1, 0.15) is 34.4 Å². The normalized spacial score (nSPS) is 13.0. The fourth-order valence-corrected chi connectivity index (χ4v) is 3.22. The summed E-state index contributed by atoms with van der Waals surface area (Å²) in [4.78, 5) is 8.62. The van der Waals surface area contributed by atoms with Gasteiger partial charge in [0.15, 0.2) is 0 Å². The van der Waals surface area contributed by atoms with Crippen LogP contribution in [0.25, 0.3) is 0 Å². The van der Waals surface area contributed by atoms with Gasteiger partial charge < -0.3 is 4.42 Å². The molecule has 0 aliphatic carbocycles. The summed E-state index contributed by atoms with van der Waals surface area (Å²) in [6.07, 6.45) is -3.69. The van der Waals surface area contributed by atoms with Gasteiger partial charge in [-0.2, -0.15) is 13.2 Å². The first kappa shape index (κ1) is 21.6. The lowest BCUT2D eigenvalue weighted by Gasteiger charge is -2.14. The quantitative estimate of drug-likeness (QED) is 0.403. The molecule has 0 aliphatic heterocycles. The Kier molecular flexibility index (Phi) is 6.25. The zero-order valence-electron chi connectivity index (χ0n) is 17.3. The highest BCUT2D eigenvalue weighted by atomic mass is 19.4. The lowest BCUT2D eigenvalue weighted by atomic mass is 10.1. The molecule has 1 aromatic heterocycles. The molecular weight excluding hydrogens is 389 g/mol. The molecule has 2 aromatic carbocycles. The molecule has 0 spiro atoms. The first-order valence-corrected chi connectivity index (χ1v) is 9.55. The first-order chi connectivity index (χ1) is 14.2. The van der Waals surface area contributed by atoms with E-state index in [0.717, 1.165) is 11.1 Å². The molecule has 3 rings (SSSR count). The van der Waals surface area contributed by atoms with E-state index in [1.807, 2.05) is 32.0 Å². The van der Waals surface area contributed by atoms with Gasteiger partial charge in [-0.25, -0.2) is 9.98 Å². The van der Waals surface area contributed by atoms with Gasteiger partial charge in [-0.15, -0.1) is 0 Å². The number of halogens is 3. The van der Waals surface area contributed by atoms with Gasteiger partial charge in [-0.05, 0) is 62.1 Å². The minimum absolute atomic E-state index is 0.180. The maximum Gasteiger partial charge on any atom is 0.429 e. The summed E-state index contributed by atoms with van der Waals surface area (Å²) in [6.45, 7) is 7.25. The predicted octanol–water partition coefficient (Wildman–Crippen LogP) is 7.36. The Morgan fingerprint density at radius 3 is 1.70 bits per heavy atom. The average molecular weight is 412 g/mol. The number of nitrogens with zero attached hydrogens (tertiary/aromatic N) is 2. The van der Waals surface area contributed by atoms with E-state index in [4.69, 9.17) is 4.42 Å². The zero-order valence-corrected chi connectivity index (χ0v) is 17.3. The van der Waals surface area contributed by atoms with Crippen molar-refractivity contribution in [1.82, 2.24) is 0 Å². The molecule has 0 bridgehead atoms. The molecule has 0 aliphatic rings. The Bertz CT molecular complexity index is 1050. The second-order valence-electron chi connectivity index (χ2n) is 7.25. The average Bonchev–Trinajstić information content (AvgIpc) is 3.19. The highest BCUT2D eigenvalue weighted by molar-refractivity contribution is 6.14. The molecule has 0 fully saturated rings. The van der Waals surface area contributed by atoms with Crippen molar-refractivity contribution in [2.45, 2.75) is 40.3 Å². The largest absolute Gasteiger partial charge is 0.463 e. The van der Waals surface area contributed by atoms with Crippen molar-refractivity contribution >= 4 is 22.8 Å². The van der Waals surface area contributed by atoms with Crippen LogP contribution in [0.2, 0.25) is 0 Å². The highest BCUT2D eigenvalue weighted by Gasteiger charge is 2.37. The van der Waals surface area contributed by atoms with Gasteiger partial charge in [-0.3, -0.25) is 0 Å². The van der Waals surface area contributed by atoms with Crippen LogP contribution in [-0.4, -0.2) is 17.6 Å². The molecule has 0 atom stereocenters. The van der Waals surface area contributed by atoms with Crippen molar-refractivity contribution in [3.8, 4) is 0 Å². The molecule has 30 heavy (non-hydrogen) atoms. The monoisotopic (exact) mass is 412 g/mol. The maximum absolute atomic E-state index is 14.0. The summed E-state index contributed by atoms with van der Waals surface area (Å²) < 4.78 is 47.3. The van der Waals surface area contributed by atoms with Crippen LogP contribution in [0.4, 0.5) is 24.5 Å². The van der Waals surface area contributed by atoms with E-state index in [1.54, 1.807) is 44.2 Å². The fourth-order valence-electron chi connectivity index (χ4n) is 3.22. The lowest BCUT2D eigenvalue weighted by molar-refractivity contribution is -0.0597. The van der Waals surface area contributed by atoms with Gasteiger partial charge in [0.1, 0.15) is 11.5 Å². The number of aryl methyl sites for hydroxylation is 4. The van der Waals surface area contributed by atoms with Gasteiger partial charge in [-0.1, -0.05) is 36.4 Å². The number of furan rings is 1.